The highest BCUT2D eigenvalue weighted by Gasteiger charge is 2.17. The Bertz CT molecular complexity index is 670. The van der Waals surface area contributed by atoms with Gasteiger partial charge in [-0.05, 0) is 43.0 Å². The number of hydrogen-bond acceptors (Lipinski definition) is 3. The third kappa shape index (κ3) is 2.78. The van der Waals surface area contributed by atoms with E-state index < -0.39 is 0 Å². The standard InChI is InChI=1S/C18H22N2O2/c1-13-8-14(9-15(12-21)18(13)22-2)16-10-19-20(11-16)17-6-4-3-5-7-17/h8-12,17H,3-7H2,1-2H3. The summed E-state index contributed by atoms with van der Waals surface area (Å²) in [5, 5.41) is 4.54. The van der Waals surface area contributed by atoms with Crippen LogP contribution < -0.4 is 4.74 Å². The van der Waals surface area contributed by atoms with Crippen molar-refractivity contribution in [2.24, 2.45) is 0 Å². The van der Waals surface area contributed by atoms with E-state index in [1.807, 2.05) is 25.3 Å². The number of carbonyl (C=O) groups excluding carboxylic acids is 1. The predicted molar refractivity (Wildman–Crippen MR) is 86.5 cm³/mol. The van der Waals surface area contributed by atoms with Crippen LogP contribution in [0.3, 0.4) is 0 Å². The van der Waals surface area contributed by atoms with E-state index in [4.69, 9.17) is 4.74 Å². The predicted octanol–water partition coefficient (Wildman–Crippen LogP) is 4.18. The molecule has 1 aliphatic rings. The third-order valence-electron chi connectivity index (χ3n) is 4.52. The Hall–Kier alpha value is -2.10. The summed E-state index contributed by atoms with van der Waals surface area (Å²) in [5.41, 5.74) is 3.62. The van der Waals surface area contributed by atoms with Crippen molar-refractivity contribution in [2.45, 2.75) is 45.1 Å². The van der Waals surface area contributed by atoms with Crippen molar-refractivity contribution < 1.29 is 9.53 Å². The van der Waals surface area contributed by atoms with Crippen LogP contribution in [-0.2, 0) is 0 Å². The number of aldehydes is 1. The van der Waals surface area contributed by atoms with Crippen LogP contribution in [0.4, 0.5) is 0 Å². The number of benzene rings is 1. The number of rotatable bonds is 4. The van der Waals surface area contributed by atoms with Crippen molar-refractivity contribution in [2.75, 3.05) is 7.11 Å². The zero-order chi connectivity index (χ0) is 15.5. The molecular weight excluding hydrogens is 276 g/mol. The van der Waals surface area contributed by atoms with Crippen LogP contribution >= 0.6 is 0 Å². The monoisotopic (exact) mass is 298 g/mol. The zero-order valence-corrected chi connectivity index (χ0v) is 13.2. The van der Waals surface area contributed by atoms with Gasteiger partial charge in [-0.15, -0.1) is 0 Å². The second kappa shape index (κ2) is 6.34. The number of hydrogen-bond donors (Lipinski definition) is 0. The molecule has 0 saturated heterocycles. The normalized spacial score (nSPS) is 15.7. The molecule has 0 atom stereocenters. The number of nitrogens with zero attached hydrogens (tertiary/aromatic N) is 2. The van der Waals surface area contributed by atoms with E-state index in [1.165, 1.54) is 32.1 Å². The number of ether oxygens (including phenoxy) is 1. The van der Waals surface area contributed by atoms with Crippen LogP contribution in [0.1, 0.15) is 54.1 Å². The molecule has 22 heavy (non-hydrogen) atoms. The summed E-state index contributed by atoms with van der Waals surface area (Å²) in [4.78, 5) is 11.3. The minimum absolute atomic E-state index is 0.521. The smallest absolute Gasteiger partial charge is 0.153 e. The van der Waals surface area contributed by atoms with Gasteiger partial charge in [0.2, 0.25) is 0 Å². The summed E-state index contributed by atoms with van der Waals surface area (Å²) in [7, 11) is 1.59. The van der Waals surface area contributed by atoms with Gasteiger partial charge in [-0.2, -0.15) is 5.10 Å². The summed E-state index contributed by atoms with van der Waals surface area (Å²) < 4.78 is 7.40. The Morgan fingerprint density at radius 3 is 2.68 bits per heavy atom. The lowest BCUT2D eigenvalue weighted by Crippen LogP contribution is -2.12. The summed E-state index contributed by atoms with van der Waals surface area (Å²) in [6, 6.07) is 4.45. The third-order valence-corrected chi connectivity index (χ3v) is 4.52. The van der Waals surface area contributed by atoms with Gasteiger partial charge in [-0.3, -0.25) is 9.48 Å². The van der Waals surface area contributed by atoms with Crippen LogP contribution in [0.5, 0.6) is 5.75 Å². The van der Waals surface area contributed by atoms with E-state index in [-0.39, 0.29) is 0 Å². The topological polar surface area (TPSA) is 44.1 Å². The maximum Gasteiger partial charge on any atom is 0.153 e. The van der Waals surface area contributed by atoms with Gasteiger partial charge in [-0.25, -0.2) is 0 Å². The first-order valence-corrected chi connectivity index (χ1v) is 7.91. The Kier molecular flexibility index (Phi) is 4.27. The van der Waals surface area contributed by atoms with Crippen molar-refractivity contribution in [1.82, 2.24) is 9.78 Å². The number of aromatic nitrogens is 2. The lowest BCUT2D eigenvalue weighted by Gasteiger charge is -2.21. The highest BCUT2D eigenvalue weighted by molar-refractivity contribution is 5.84. The van der Waals surface area contributed by atoms with Crippen molar-refractivity contribution in [1.29, 1.82) is 0 Å². The molecule has 2 aromatic rings. The van der Waals surface area contributed by atoms with Gasteiger partial charge in [0.15, 0.2) is 6.29 Å². The maximum atomic E-state index is 11.3. The van der Waals surface area contributed by atoms with Gasteiger partial charge in [-0.1, -0.05) is 19.3 Å². The molecule has 0 spiro atoms. The maximum absolute atomic E-state index is 11.3. The number of aryl methyl sites for hydroxylation is 1. The minimum atomic E-state index is 0.521. The van der Waals surface area contributed by atoms with Crippen LogP contribution in [0, 0.1) is 6.92 Å². The van der Waals surface area contributed by atoms with Gasteiger partial charge < -0.3 is 4.74 Å². The molecule has 0 bridgehead atoms. The molecule has 0 radical (unpaired) electrons. The molecule has 3 rings (SSSR count). The molecule has 1 saturated carbocycles. The van der Waals surface area contributed by atoms with Crippen LogP contribution in [0.2, 0.25) is 0 Å². The number of carbonyl (C=O) groups is 1. The molecule has 0 amide bonds. The molecule has 1 heterocycles. The minimum Gasteiger partial charge on any atom is -0.496 e. The average Bonchev–Trinajstić information content (AvgIpc) is 3.05. The van der Waals surface area contributed by atoms with E-state index in [2.05, 4.69) is 16.0 Å². The Labute approximate surface area is 131 Å². The second-order valence-corrected chi connectivity index (χ2v) is 6.03. The molecule has 4 heteroatoms. The van der Waals surface area contributed by atoms with Crippen molar-refractivity contribution in [3.05, 3.63) is 35.7 Å². The molecule has 0 aliphatic heterocycles. The fourth-order valence-corrected chi connectivity index (χ4v) is 3.37. The first kappa shape index (κ1) is 14.8. The first-order valence-electron chi connectivity index (χ1n) is 7.91. The Morgan fingerprint density at radius 1 is 1.23 bits per heavy atom. The van der Waals surface area contributed by atoms with E-state index in [0.29, 0.717) is 17.4 Å². The van der Waals surface area contributed by atoms with E-state index in [9.17, 15) is 4.79 Å². The first-order chi connectivity index (χ1) is 10.7. The largest absolute Gasteiger partial charge is 0.496 e. The zero-order valence-electron chi connectivity index (χ0n) is 13.2. The summed E-state index contributed by atoms with van der Waals surface area (Å²) in [6.07, 6.45) is 11.2. The van der Waals surface area contributed by atoms with Crippen LogP contribution in [0.25, 0.3) is 11.1 Å². The van der Waals surface area contributed by atoms with E-state index in [1.54, 1.807) is 7.11 Å². The van der Waals surface area contributed by atoms with Crippen molar-refractivity contribution >= 4 is 6.29 Å². The van der Waals surface area contributed by atoms with Gasteiger partial charge in [0.05, 0.1) is 24.9 Å². The van der Waals surface area contributed by atoms with Crippen molar-refractivity contribution in [3.63, 3.8) is 0 Å². The van der Waals surface area contributed by atoms with Crippen LogP contribution in [0.15, 0.2) is 24.5 Å². The SMILES string of the molecule is COc1c(C)cc(-c2cnn(C3CCCCC3)c2)cc1C=O. The molecule has 116 valence electrons. The summed E-state index contributed by atoms with van der Waals surface area (Å²) in [5.74, 6) is 0.651. The molecule has 1 fully saturated rings. The lowest BCUT2D eigenvalue weighted by molar-refractivity contribution is 0.112. The average molecular weight is 298 g/mol. The molecule has 0 N–H and O–H groups in total. The molecule has 1 aliphatic carbocycles. The number of methoxy groups -OCH3 is 1. The molecule has 1 aromatic carbocycles. The van der Waals surface area contributed by atoms with E-state index in [0.717, 1.165) is 23.0 Å². The quantitative estimate of drug-likeness (QED) is 0.795. The summed E-state index contributed by atoms with van der Waals surface area (Å²) >= 11 is 0. The van der Waals surface area contributed by atoms with E-state index >= 15 is 0 Å². The fourth-order valence-electron chi connectivity index (χ4n) is 3.37. The molecule has 4 nitrogen and oxygen atoms in total. The molecule has 1 aromatic heterocycles. The highest BCUT2D eigenvalue weighted by Crippen LogP contribution is 2.32. The highest BCUT2D eigenvalue weighted by atomic mass is 16.5. The van der Waals surface area contributed by atoms with Gasteiger partial charge in [0, 0.05) is 11.8 Å². The van der Waals surface area contributed by atoms with Crippen LogP contribution in [-0.4, -0.2) is 23.2 Å². The van der Waals surface area contributed by atoms with Gasteiger partial charge in [0.25, 0.3) is 0 Å². The Morgan fingerprint density at radius 2 is 2.00 bits per heavy atom. The second-order valence-electron chi connectivity index (χ2n) is 6.03. The fraction of sp³-hybridized carbons (Fsp3) is 0.444. The van der Waals surface area contributed by atoms with Gasteiger partial charge >= 0.3 is 0 Å². The Balaban J connectivity index is 1.92. The molecular formula is C18H22N2O2. The lowest BCUT2D eigenvalue weighted by atomic mass is 9.96. The molecule has 0 unspecified atom stereocenters. The van der Waals surface area contributed by atoms with Crippen molar-refractivity contribution in [3.8, 4) is 16.9 Å². The van der Waals surface area contributed by atoms with Gasteiger partial charge in [0.1, 0.15) is 5.75 Å². The summed E-state index contributed by atoms with van der Waals surface area (Å²) in [6.45, 7) is 1.96.